The lowest BCUT2D eigenvalue weighted by atomic mass is 10.2. The number of hydrogen-bond donors (Lipinski definition) is 2. The zero-order chi connectivity index (χ0) is 14.7. The molecule has 2 aromatic heterocycles. The third-order valence-corrected chi connectivity index (χ3v) is 3.08. The number of hydrazone groups is 1. The maximum absolute atomic E-state index is 11.8. The van der Waals surface area contributed by atoms with Crippen LogP contribution in [0.5, 0.6) is 0 Å². The van der Waals surface area contributed by atoms with E-state index < -0.39 is 0 Å². The van der Waals surface area contributed by atoms with E-state index in [9.17, 15) is 4.79 Å². The molecule has 106 valence electrons. The topological polar surface area (TPSA) is 70.4 Å². The number of rotatable bonds is 4. The molecule has 1 amide bonds. The fourth-order valence-electron chi connectivity index (χ4n) is 2.13. The summed E-state index contributed by atoms with van der Waals surface area (Å²) in [5, 5.41) is 4.97. The molecule has 0 saturated heterocycles. The first-order valence-corrected chi connectivity index (χ1v) is 6.66. The van der Waals surface area contributed by atoms with E-state index in [1.165, 1.54) is 6.21 Å². The Morgan fingerprint density at radius 3 is 2.95 bits per heavy atom. The predicted octanol–water partition coefficient (Wildman–Crippen LogP) is 2.76. The summed E-state index contributed by atoms with van der Waals surface area (Å²) in [5.41, 5.74) is 4.37. The Labute approximate surface area is 121 Å². The van der Waals surface area contributed by atoms with Gasteiger partial charge in [0.2, 0.25) is 5.91 Å². The summed E-state index contributed by atoms with van der Waals surface area (Å²) in [4.78, 5) is 15.0. The molecule has 21 heavy (non-hydrogen) atoms. The van der Waals surface area contributed by atoms with Crippen LogP contribution in [0.2, 0.25) is 0 Å². The minimum atomic E-state index is -0.180. The number of carbonyl (C=O) groups excluding carboxylic acids is 1. The van der Waals surface area contributed by atoms with Gasteiger partial charge in [-0.15, -0.1) is 0 Å². The third kappa shape index (κ3) is 3.20. The summed E-state index contributed by atoms with van der Waals surface area (Å²) in [6.45, 7) is 1.85. The summed E-state index contributed by atoms with van der Waals surface area (Å²) in [6, 6.07) is 13.5. The number of amides is 1. The van der Waals surface area contributed by atoms with Crippen LogP contribution in [0.1, 0.15) is 17.2 Å². The SMILES string of the molecule is Cc1ccc(C=NNC(=O)Cc2cc3ccccc3[nH]2)o1. The van der Waals surface area contributed by atoms with E-state index in [0.717, 1.165) is 22.4 Å². The number of aromatic amines is 1. The van der Waals surface area contributed by atoms with E-state index in [1.807, 2.05) is 43.3 Å². The van der Waals surface area contributed by atoms with Crippen molar-refractivity contribution in [3.05, 3.63) is 59.7 Å². The minimum Gasteiger partial charge on any atom is -0.460 e. The molecule has 5 nitrogen and oxygen atoms in total. The van der Waals surface area contributed by atoms with Crippen molar-refractivity contribution < 1.29 is 9.21 Å². The smallest absolute Gasteiger partial charge is 0.245 e. The van der Waals surface area contributed by atoms with Gasteiger partial charge in [-0.05, 0) is 36.6 Å². The van der Waals surface area contributed by atoms with E-state index in [-0.39, 0.29) is 12.3 Å². The molecule has 2 N–H and O–H groups in total. The monoisotopic (exact) mass is 281 g/mol. The molecule has 3 aromatic rings. The molecule has 1 aromatic carbocycles. The van der Waals surface area contributed by atoms with Crippen LogP contribution in [-0.4, -0.2) is 17.1 Å². The highest BCUT2D eigenvalue weighted by Crippen LogP contribution is 2.14. The van der Waals surface area contributed by atoms with Gasteiger partial charge < -0.3 is 9.40 Å². The predicted molar refractivity (Wildman–Crippen MR) is 81.2 cm³/mol. The number of fused-ring (bicyclic) bond motifs is 1. The molecule has 5 heteroatoms. The van der Waals surface area contributed by atoms with E-state index in [4.69, 9.17) is 4.42 Å². The Bertz CT molecular complexity index is 766. The largest absolute Gasteiger partial charge is 0.460 e. The van der Waals surface area contributed by atoms with Crippen molar-refractivity contribution in [3.8, 4) is 0 Å². The molecule has 0 unspecified atom stereocenters. The first-order chi connectivity index (χ1) is 10.2. The highest BCUT2D eigenvalue weighted by Gasteiger charge is 2.05. The first-order valence-electron chi connectivity index (χ1n) is 6.66. The van der Waals surface area contributed by atoms with Gasteiger partial charge in [0.25, 0.3) is 0 Å². The molecule has 0 bridgehead atoms. The summed E-state index contributed by atoms with van der Waals surface area (Å²) in [6.07, 6.45) is 1.74. The lowest BCUT2D eigenvalue weighted by molar-refractivity contribution is -0.120. The number of H-pyrrole nitrogens is 1. The number of benzene rings is 1. The first kappa shape index (κ1) is 13.2. The molecular weight excluding hydrogens is 266 g/mol. The molecule has 0 radical (unpaired) electrons. The number of carbonyl (C=O) groups is 1. The van der Waals surface area contributed by atoms with Crippen molar-refractivity contribution in [3.63, 3.8) is 0 Å². The second-order valence-corrected chi connectivity index (χ2v) is 4.80. The lowest BCUT2D eigenvalue weighted by Crippen LogP contribution is -2.19. The Morgan fingerprint density at radius 1 is 1.33 bits per heavy atom. The van der Waals surface area contributed by atoms with E-state index in [1.54, 1.807) is 6.07 Å². The van der Waals surface area contributed by atoms with Crippen molar-refractivity contribution >= 4 is 23.0 Å². The van der Waals surface area contributed by atoms with E-state index >= 15 is 0 Å². The molecule has 0 aliphatic rings. The summed E-state index contributed by atoms with van der Waals surface area (Å²) in [5.74, 6) is 1.24. The van der Waals surface area contributed by atoms with E-state index in [2.05, 4.69) is 15.5 Å². The molecular formula is C16H15N3O2. The van der Waals surface area contributed by atoms with Gasteiger partial charge in [-0.2, -0.15) is 5.10 Å². The number of nitrogens with zero attached hydrogens (tertiary/aromatic N) is 1. The van der Waals surface area contributed by atoms with Crippen molar-refractivity contribution in [2.24, 2.45) is 5.10 Å². The van der Waals surface area contributed by atoms with Gasteiger partial charge in [-0.3, -0.25) is 4.79 Å². The number of aryl methyl sites for hydroxylation is 1. The number of furan rings is 1. The van der Waals surface area contributed by atoms with Crippen LogP contribution in [0, 0.1) is 6.92 Å². The second-order valence-electron chi connectivity index (χ2n) is 4.80. The van der Waals surface area contributed by atoms with Crippen LogP contribution < -0.4 is 5.43 Å². The van der Waals surface area contributed by atoms with Crippen LogP contribution >= 0.6 is 0 Å². The molecule has 0 fully saturated rings. The van der Waals surface area contributed by atoms with Crippen molar-refractivity contribution in [1.82, 2.24) is 10.4 Å². The molecule has 3 rings (SSSR count). The Hall–Kier alpha value is -2.82. The van der Waals surface area contributed by atoms with Gasteiger partial charge in [0.05, 0.1) is 12.6 Å². The summed E-state index contributed by atoms with van der Waals surface area (Å²) >= 11 is 0. The number of aromatic nitrogens is 1. The van der Waals surface area contributed by atoms with Gasteiger partial charge >= 0.3 is 0 Å². The minimum absolute atomic E-state index is 0.180. The van der Waals surface area contributed by atoms with Gasteiger partial charge in [-0.1, -0.05) is 18.2 Å². The molecule has 0 aliphatic heterocycles. The van der Waals surface area contributed by atoms with Gasteiger partial charge in [-0.25, -0.2) is 5.43 Å². The van der Waals surface area contributed by atoms with Crippen LogP contribution in [0.25, 0.3) is 10.9 Å². The van der Waals surface area contributed by atoms with Crippen LogP contribution in [-0.2, 0) is 11.2 Å². The lowest BCUT2D eigenvalue weighted by Gasteiger charge is -1.96. The fourth-order valence-corrected chi connectivity index (χ4v) is 2.13. The van der Waals surface area contributed by atoms with Crippen molar-refractivity contribution in [2.75, 3.05) is 0 Å². The molecule has 0 aliphatic carbocycles. The van der Waals surface area contributed by atoms with Crippen LogP contribution in [0.3, 0.4) is 0 Å². The average molecular weight is 281 g/mol. The highest BCUT2D eigenvalue weighted by atomic mass is 16.3. The van der Waals surface area contributed by atoms with E-state index in [0.29, 0.717) is 5.76 Å². The summed E-state index contributed by atoms with van der Waals surface area (Å²) < 4.78 is 5.32. The zero-order valence-corrected chi connectivity index (χ0v) is 11.6. The molecule has 2 heterocycles. The maximum atomic E-state index is 11.8. The van der Waals surface area contributed by atoms with Gasteiger partial charge in [0.1, 0.15) is 11.5 Å². The number of hydrogen-bond acceptors (Lipinski definition) is 3. The standard InChI is InChI=1S/C16H15N3O2/c1-11-6-7-14(21-11)10-17-19-16(20)9-13-8-12-4-2-3-5-15(12)18-13/h2-8,10,18H,9H2,1H3,(H,19,20). The third-order valence-electron chi connectivity index (χ3n) is 3.08. The Balaban J connectivity index is 1.59. The van der Waals surface area contributed by atoms with Gasteiger partial charge in [0, 0.05) is 11.2 Å². The Morgan fingerprint density at radius 2 is 2.19 bits per heavy atom. The molecule has 0 spiro atoms. The number of para-hydroxylation sites is 1. The second kappa shape index (κ2) is 5.66. The van der Waals surface area contributed by atoms with Crippen LogP contribution in [0.15, 0.2) is 52.0 Å². The fraction of sp³-hybridized carbons (Fsp3) is 0.125. The Kier molecular flexibility index (Phi) is 3.55. The van der Waals surface area contributed by atoms with Crippen LogP contribution in [0.4, 0.5) is 0 Å². The van der Waals surface area contributed by atoms with Gasteiger partial charge in [0.15, 0.2) is 0 Å². The van der Waals surface area contributed by atoms with Crippen molar-refractivity contribution in [2.45, 2.75) is 13.3 Å². The summed E-state index contributed by atoms with van der Waals surface area (Å²) in [7, 11) is 0. The number of nitrogens with one attached hydrogen (secondary N) is 2. The quantitative estimate of drug-likeness (QED) is 0.570. The van der Waals surface area contributed by atoms with Crippen molar-refractivity contribution in [1.29, 1.82) is 0 Å². The average Bonchev–Trinajstić information content (AvgIpc) is 3.04. The maximum Gasteiger partial charge on any atom is 0.245 e. The normalized spacial score (nSPS) is 11.3. The highest BCUT2D eigenvalue weighted by molar-refractivity contribution is 5.85. The zero-order valence-electron chi connectivity index (χ0n) is 11.6. The molecule has 0 saturated carbocycles. The molecule has 0 atom stereocenters.